The van der Waals surface area contributed by atoms with Crippen LogP contribution in [0.3, 0.4) is 0 Å². The smallest absolute Gasteiger partial charge is 0.124 e. The summed E-state index contributed by atoms with van der Waals surface area (Å²) in [6.45, 7) is 8.92. The van der Waals surface area contributed by atoms with Crippen molar-refractivity contribution in [3.63, 3.8) is 0 Å². The van der Waals surface area contributed by atoms with Gasteiger partial charge in [-0.1, -0.05) is 43.0 Å². The van der Waals surface area contributed by atoms with Gasteiger partial charge in [-0.2, -0.15) is 0 Å². The SMILES string of the molecule is C=C/C(=C\C(F)=C/C)CCNCc1ccc(-c2cc(C)cc(N)n2)cc1. The number of halogens is 1. The van der Waals surface area contributed by atoms with E-state index in [9.17, 15) is 4.39 Å². The molecule has 1 aromatic carbocycles. The lowest BCUT2D eigenvalue weighted by Gasteiger charge is -2.08. The topological polar surface area (TPSA) is 50.9 Å². The highest BCUT2D eigenvalue weighted by atomic mass is 19.1. The maximum Gasteiger partial charge on any atom is 0.124 e. The van der Waals surface area contributed by atoms with Gasteiger partial charge >= 0.3 is 0 Å². The molecule has 0 atom stereocenters. The molecule has 0 spiro atoms. The third-order valence-electron chi connectivity index (χ3n) is 4.02. The van der Waals surface area contributed by atoms with Crippen LogP contribution in [0.2, 0.25) is 0 Å². The highest BCUT2D eigenvalue weighted by molar-refractivity contribution is 5.62. The van der Waals surface area contributed by atoms with Crippen molar-refractivity contribution in [1.29, 1.82) is 0 Å². The van der Waals surface area contributed by atoms with Gasteiger partial charge < -0.3 is 11.1 Å². The Morgan fingerprint density at radius 1 is 1.27 bits per heavy atom. The molecule has 0 amide bonds. The Bertz CT molecular complexity index is 784. The number of benzene rings is 1. The molecule has 0 aliphatic heterocycles. The van der Waals surface area contributed by atoms with E-state index >= 15 is 0 Å². The average Bonchev–Trinajstić information content (AvgIpc) is 2.63. The molecule has 0 aliphatic carbocycles. The Morgan fingerprint density at radius 3 is 2.62 bits per heavy atom. The number of nitrogen functional groups attached to an aromatic ring is 1. The number of nitrogens with one attached hydrogen (secondary N) is 1. The van der Waals surface area contributed by atoms with Gasteiger partial charge in [0, 0.05) is 12.1 Å². The highest BCUT2D eigenvalue weighted by Crippen LogP contribution is 2.20. The lowest BCUT2D eigenvalue weighted by Crippen LogP contribution is -2.15. The molecule has 0 fully saturated rings. The molecule has 0 aliphatic rings. The second kappa shape index (κ2) is 9.68. The molecule has 1 heterocycles. The molecule has 0 bridgehead atoms. The summed E-state index contributed by atoms with van der Waals surface area (Å²) in [5, 5.41) is 3.37. The quantitative estimate of drug-likeness (QED) is 0.513. The minimum absolute atomic E-state index is 0.235. The largest absolute Gasteiger partial charge is 0.384 e. The lowest BCUT2D eigenvalue weighted by atomic mass is 10.1. The number of aromatic nitrogens is 1. The minimum Gasteiger partial charge on any atom is -0.384 e. The van der Waals surface area contributed by atoms with Crippen LogP contribution in [0.5, 0.6) is 0 Å². The van der Waals surface area contributed by atoms with Crippen molar-refractivity contribution in [3.05, 3.63) is 83.7 Å². The van der Waals surface area contributed by atoms with Crippen LogP contribution in [0.1, 0.15) is 24.5 Å². The van der Waals surface area contributed by atoms with Crippen molar-refractivity contribution in [2.45, 2.75) is 26.8 Å². The van der Waals surface area contributed by atoms with Gasteiger partial charge in [0.25, 0.3) is 0 Å². The molecule has 2 rings (SSSR count). The van der Waals surface area contributed by atoms with Crippen molar-refractivity contribution in [3.8, 4) is 11.3 Å². The fourth-order valence-corrected chi connectivity index (χ4v) is 2.59. The maximum atomic E-state index is 13.3. The Labute approximate surface area is 155 Å². The Kier molecular flexibility index (Phi) is 7.30. The molecule has 0 unspecified atom stereocenters. The molecular formula is C22H26FN3. The van der Waals surface area contributed by atoms with E-state index in [0.29, 0.717) is 5.82 Å². The van der Waals surface area contributed by atoms with Crippen molar-refractivity contribution in [2.75, 3.05) is 12.3 Å². The predicted octanol–water partition coefficient (Wildman–Crippen LogP) is 5.10. The van der Waals surface area contributed by atoms with Gasteiger partial charge in [0.05, 0.1) is 5.69 Å². The van der Waals surface area contributed by atoms with E-state index in [-0.39, 0.29) is 5.83 Å². The number of pyridine rings is 1. The fraction of sp³-hybridized carbons (Fsp3) is 0.227. The van der Waals surface area contributed by atoms with Gasteiger partial charge in [-0.3, -0.25) is 0 Å². The first kappa shape index (κ1) is 19.6. The molecule has 3 nitrogen and oxygen atoms in total. The number of anilines is 1. The normalized spacial score (nSPS) is 12.3. The molecule has 0 saturated carbocycles. The number of hydrogen-bond donors (Lipinski definition) is 2. The third-order valence-corrected chi connectivity index (χ3v) is 4.02. The van der Waals surface area contributed by atoms with Crippen molar-refractivity contribution < 1.29 is 4.39 Å². The zero-order chi connectivity index (χ0) is 18.9. The van der Waals surface area contributed by atoms with Crippen LogP contribution in [0.15, 0.2) is 72.6 Å². The molecular weight excluding hydrogens is 325 g/mol. The van der Waals surface area contributed by atoms with Crippen LogP contribution in [0, 0.1) is 6.92 Å². The summed E-state index contributed by atoms with van der Waals surface area (Å²) in [4.78, 5) is 4.38. The third kappa shape index (κ3) is 5.97. The summed E-state index contributed by atoms with van der Waals surface area (Å²) in [5.41, 5.74) is 10.9. The summed E-state index contributed by atoms with van der Waals surface area (Å²) in [5.74, 6) is 0.298. The first-order valence-electron chi connectivity index (χ1n) is 8.71. The van der Waals surface area contributed by atoms with E-state index in [1.54, 1.807) is 13.0 Å². The summed E-state index contributed by atoms with van der Waals surface area (Å²) in [6, 6.07) is 12.1. The van der Waals surface area contributed by atoms with E-state index in [2.05, 4.69) is 41.1 Å². The number of aryl methyl sites for hydroxylation is 1. The summed E-state index contributed by atoms with van der Waals surface area (Å²) in [6.07, 6.45) is 5.38. The first-order valence-corrected chi connectivity index (χ1v) is 8.71. The second-order valence-corrected chi connectivity index (χ2v) is 6.18. The van der Waals surface area contributed by atoms with E-state index in [4.69, 9.17) is 5.73 Å². The average molecular weight is 351 g/mol. The summed E-state index contributed by atoms with van der Waals surface area (Å²) >= 11 is 0. The molecule has 26 heavy (non-hydrogen) atoms. The van der Waals surface area contributed by atoms with E-state index in [1.165, 1.54) is 17.7 Å². The maximum absolute atomic E-state index is 13.3. The number of rotatable bonds is 8. The summed E-state index contributed by atoms with van der Waals surface area (Å²) < 4.78 is 13.3. The molecule has 1 aromatic heterocycles. The van der Waals surface area contributed by atoms with Gasteiger partial charge in [0.15, 0.2) is 0 Å². The van der Waals surface area contributed by atoms with Crippen LogP contribution in [-0.4, -0.2) is 11.5 Å². The monoisotopic (exact) mass is 351 g/mol. The van der Waals surface area contributed by atoms with Crippen molar-refractivity contribution in [2.24, 2.45) is 0 Å². The van der Waals surface area contributed by atoms with Crippen molar-refractivity contribution in [1.82, 2.24) is 10.3 Å². The minimum atomic E-state index is -0.235. The molecule has 4 heteroatoms. The zero-order valence-corrected chi connectivity index (χ0v) is 15.4. The van der Waals surface area contributed by atoms with Crippen LogP contribution in [-0.2, 0) is 6.54 Å². The summed E-state index contributed by atoms with van der Waals surface area (Å²) in [7, 11) is 0. The van der Waals surface area contributed by atoms with Gasteiger partial charge in [0.1, 0.15) is 11.6 Å². The lowest BCUT2D eigenvalue weighted by molar-refractivity contribution is 0.657. The zero-order valence-electron chi connectivity index (χ0n) is 15.4. The van der Waals surface area contributed by atoms with Crippen LogP contribution < -0.4 is 11.1 Å². The highest BCUT2D eigenvalue weighted by Gasteiger charge is 2.02. The van der Waals surface area contributed by atoms with Crippen LogP contribution in [0.25, 0.3) is 11.3 Å². The molecule has 0 saturated heterocycles. The number of nitrogens with zero attached hydrogens (tertiary/aromatic N) is 1. The van der Waals surface area contributed by atoms with Gasteiger partial charge in [-0.05, 0) is 61.7 Å². The van der Waals surface area contributed by atoms with E-state index < -0.39 is 0 Å². The van der Waals surface area contributed by atoms with Gasteiger partial charge in [-0.15, -0.1) is 0 Å². The number of allylic oxidation sites excluding steroid dienone is 4. The Morgan fingerprint density at radius 2 is 2.00 bits per heavy atom. The number of nitrogens with two attached hydrogens (primary N) is 1. The first-order chi connectivity index (χ1) is 12.5. The van der Waals surface area contributed by atoms with Crippen LogP contribution >= 0.6 is 0 Å². The van der Waals surface area contributed by atoms with Crippen LogP contribution in [0.4, 0.5) is 10.2 Å². The van der Waals surface area contributed by atoms with E-state index in [0.717, 1.165) is 41.9 Å². The number of hydrogen-bond acceptors (Lipinski definition) is 3. The Hall–Kier alpha value is -2.72. The molecule has 2 aromatic rings. The predicted molar refractivity (Wildman–Crippen MR) is 108 cm³/mol. The van der Waals surface area contributed by atoms with E-state index in [1.807, 2.05) is 19.1 Å². The molecule has 136 valence electrons. The van der Waals surface area contributed by atoms with Gasteiger partial charge in [0.2, 0.25) is 0 Å². The standard InChI is InChI=1S/C22H26FN3/c1-4-17(14-20(23)5-2)10-11-25-15-18-6-8-19(9-7-18)21-12-16(3)13-22(24)26-21/h4-9,12-14,25H,1,10-11,15H2,2-3H3,(H2,24,26)/b17-14+,20-5+. The molecule has 3 N–H and O–H groups in total. The van der Waals surface area contributed by atoms with Gasteiger partial charge in [-0.25, -0.2) is 9.37 Å². The Balaban J connectivity index is 1.89. The fourth-order valence-electron chi connectivity index (χ4n) is 2.59. The van der Waals surface area contributed by atoms with Crippen molar-refractivity contribution >= 4 is 5.82 Å². The molecule has 0 radical (unpaired) electrons. The second-order valence-electron chi connectivity index (χ2n) is 6.18.